The summed E-state index contributed by atoms with van der Waals surface area (Å²) in [5.41, 5.74) is 1.36. The van der Waals surface area contributed by atoms with Gasteiger partial charge >= 0.3 is 0 Å². The van der Waals surface area contributed by atoms with Gasteiger partial charge in [0.25, 0.3) is 5.91 Å². The Hall–Kier alpha value is -1.39. The summed E-state index contributed by atoms with van der Waals surface area (Å²) >= 11 is 0. The highest BCUT2D eigenvalue weighted by atomic mass is 16.5. The molecule has 0 aromatic heterocycles. The number of rotatable bonds is 6. The number of carbonyl (C=O) groups excluding carboxylic acids is 1. The van der Waals surface area contributed by atoms with Crippen LogP contribution in [0.4, 0.5) is 0 Å². The van der Waals surface area contributed by atoms with Gasteiger partial charge in [0, 0.05) is 26.7 Å². The molecule has 0 spiro atoms. The van der Waals surface area contributed by atoms with Crippen molar-refractivity contribution < 1.29 is 9.53 Å². The van der Waals surface area contributed by atoms with Crippen molar-refractivity contribution in [1.82, 2.24) is 9.80 Å². The molecule has 0 aliphatic carbocycles. The number of amides is 1. The molecule has 1 fully saturated rings. The van der Waals surface area contributed by atoms with Crippen LogP contribution in [0.1, 0.15) is 38.7 Å². The molecule has 0 radical (unpaired) electrons. The minimum absolute atomic E-state index is 0.0814. The Kier molecular flexibility index (Phi) is 7.06. The molecule has 1 aliphatic heterocycles. The smallest absolute Gasteiger partial charge is 0.251 e. The largest absolute Gasteiger partial charge is 0.365 e. The number of hydrogen-bond donors (Lipinski definition) is 0. The summed E-state index contributed by atoms with van der Waals surface area (Å²) in [5.74, 6) is 0.0814. The van der Waals surface area contributed by atoms with E-state index >= 15 is 0 Å². The number of hydrogen-bond acceptors (Lipinski definition) is 3. The minimum atomic E-state index is -0.342. The number of carbonyl (C=O) groups is 1. The molecule has 1 saturated heterocycles. The van der Waals surface area contributed by atoms with Crippen LogP contribution in [0.15, 0.2) is 30.3 Å². The van der Waals surface area contributed by atoms with E-state index in [1.807, 2.05) is 20.9 Å². The van der Waals surface area contributed by atoms with Crippen molar-refractivity contribution in [1.29, 1.82) is 0 Å². The average molecular weight is 318 g/mol. The second-order valence-corrected chi connectivity index (χ2v) is 6.45. The van der Waals surface area contributed by atoms with Gasteiger partial charge in [-0.3, -0.25) is 9.69 Å². The van der Waals surface area contributed by atoms with E-state index in [-0.39, 0.29) is 18.1 Å². The molecule has 4 nitrogen and oxygen atoms in total. The third kappa shape index (κ3) is 5.63. The average Bonchev–Trinajstić information content (AvgIpc) is 2.79. The van der Waals surface area contributed by atoms with Crippen LogP contribution in [0, 0.1) is 0 Å². The highest BCUT2D eigenvalue weighted by Crippen LogP contribution is 2.18. The second kappa shape index (κ2) is 9.04. The van der Waals surface area contributed by atoms with Crippen molar-refractivity contribution in [2.75, 3.05) is 26.7 Å². The minimum Gasteiger partial charge on any atom is -0.365 e. The Morgan fingerprint density at radius 2 is 2.04 bits per heavy atom. The van der Waals surface area contributed by atoms with Crippen molar-refractivity contribution in [2.45, 2.75) is 51.9 Å². The normalized spacial score (nSPS) is 20.7. The molecule has 1 aromatic rings. The van der Waals surface area contributed by atoms with Crippen LogP contribution in [-0.2, 0) is 16.1 Å². The lowest BCUT2D eigenvalue weighted by molar-refractivity contribution is -0.145. The topological polar surface area (TPSA) is 32.8 Å². The summed E-state index contributed by atoms with van der Waals surface area (Å²) in [4.78, 5) is 16.3. The van der Waals surface area contributed by atoms with Crippen molar-refractivity contribution in [3.8, 4) is 0 Å². The number of ether oxygens (including phenoxy) is 1. The summed E-state index contributed by atoms with van der Waals surface area (Å²) in [6, 6.07) is 10.6. The Morgan fingerprint density at radius 1 is 1.30 bits per heavy atom. The quantitative estimate of drug-likeness (QED) is 0.808. The Bertz CT molecular complexity index is 478. The van der Waals surface area contributed by atoms with Gasteiger partial charge in [-0.25, -0.2) is 0 Å². The van der Waals surface area contributed by atoms with E-state index in [4.69, 9.17) is 4.74 Å². The number of likely N-dealkylation sites (N-methyl/N-ethyl adjacent to an activating group) is 1. The fourth-order valence-electron chi connectivity index (χ4n) is 3.07. The number of likely N-dealkylation sites (tertiary alicyclic amines) is 1. The second-order valence-electron chi connectivity index (χ2n) is 6.45. The first kappa shape index (κ1) is 18.0. The zero-order chi connectivity index (χ0) is 16.7. The van der Waals surface area contributed by atoms with Gasteiger partial charge in [-0.2, -0.15) is 0 Å². The predicted octanol–water partition coefficient (Wildman–Crippen LogP) is 2.92. The first-order valence-corrected chi connectivity index (χ1v) is 8.77. The molecule has 1 amide bonds. The fraction of sp³-hybridized carbons (Fsp3) is 0.632. The standard InChI is InChI=1S/C19H30N2O2/c1-4-20(3)19(22)16(2)23-18-11-8-13-21(14-12-18)15-17-9-6-5-7-10-17/h5-7,9-10,16,18H,4,8,11-15H2,1-3H3/t16-,18?/m0/s1. The van der Waals surface area contributed by atoms with Crippen molar-refractivity contribution in [2.24, 2.45) is 0 Å². The maximum Gasteiger partial charge on any atom is 0.251 e. The molecule has 0 N–H and O–H groups in total. The van der Waals surface area contributed by atoms with Gasteiger partial charge in [-0.15, -0.1) is 0 Å². The van der Waals surface area contributed by atoms with Gasteiger partial charge in [0.2, 0.25) is 0 Å². The first-order chi connectivity index (χ1) is 11.1. The predicted molar refractivity (Wildman–Crippen MR) is 93.2 cm³/mol. The molecule has 1 aliphatic rings. The van der Waals surface area contributed by atoms with E-state index < -0.39 is 0 Å². The van der Waals surface area contributed by atoms with Crippen LogP contribution in [0.5, 0.6) is 0 Å². The molecule has 2 rings (SSSR count). The van der Waals surface area contributed by atoms with Crippen LogP contribution in [0.25, 0.3) is 0 Å². The van der Waals surface area contributed by atoms with E-state index in [1.54, 1.807) is 4.90 Å². The summed E-state index contributed by atoms with van der Waals surface area (Å²) in [6.07, 6.45) is 3.02. The van der Waals surface area contributed by atoms with E-state index in [1.165, 1.54) is 5.56 Å². The van der Waals surface area contributed by atoms with E-state index in [2.05, 4.69) is 35.2 Å². The maximum atomic E-state index is 12.1. The maximum absolute atomic E-state index is 12.1. The molecule has 128 valence electrons. The fourth-order valence-corrected chi connectivity index (χ4v) is 3.07. The first-order valence-electron chi connectivity index (χ1n) is 8.77. The highest BCUT2D eigenvalue weighted by Gasteiger charge is 2.23. The third-order valence-electron chi connectivity index (χ3n) is 4.61. The zero-order valence-electron chi connectivity index (χ0n) is 14.7. The van der Waals surface area contributed by atoms with Crippen molar-refractivity contribution in [3.63, 3.8) is 0 Å². The monoisotopic (exact) mass is 318 g/mol. The lowest BCUT2D eigenvalue weighted by Gasteiger charge is -2.24. The molecule has 1 heterocycles. The third-order valence-corrected chi connectivity index (χ3v) is 4.61. The molecule has 0 saturated carbocycles. The van der Waals surface area contributed by atoms with E-state index in [0.29, 0.717) is 0 Å². The van der Waals surface area contributed by atoms with Gasteiger partial charge in [0.1, 0.15) is 6.10 Å². The van der Waals surface area contributed by atoms with Crippen molar-refractivity contribution >= 4 is 5.91 Å². The number of benzene rings is 1. The molecule has 2 atom stereocenters. The zero-order valence-corrected chi connectivity index (χ0v) is 14.7. The van der Waals surface area contributed by atoms with E-state index in [9.17, 15) is 4.79 Å². The van der Waals surface area contributed by atoms with Crippen molar-refractivity contribution in [3.05, 3.63) is 35.9 Å². The van der Waals surface area contributed by atoms with Gasteiger partial charge in [0.05, 0.1) is 6.10 Å². The van der Waals surface area contributed by atoms with Gasteiger partial charge in [-0.1, -0.05) is 30.3 Å². The summed E-state index contributed by atoms with van der Waals surface area (Å²) in [5, 5.41) is 0. The summed E-state index contributed by atoms with van der Waals surface area (Å²) in [7, 11) is 1.83. The Balaban J connectivity index is 1.80. The molecule has 1 aromatic carbocycles. The lowest BCUT2D eigenvalue weighted by Crippen LogP contribution is -2.38. The lowest BCUT2D eigenvalue weighted by atomic mass is 10.1. The van der Waals surface area contributed by atoms with Crippen LogP contribution in [0.2, 0.25) is 0 Å². The molecular weight excluding hydrogens is 288 g/mol. The van der Waals surface area contributed by atoms with Gasteiger partial charge < -0.3 is 9.64 Å². The highest BCUT2D eigenvalue weighted by molar-refractivity contribution is 5.80. The summed E-state index contributed by atoms with van der Waals surface area (Å²) < 4.78 is 6.04. The molecule has 0 bridgehead atoms. The van der Waals surface area contributed by atoms with Crippen LogP contribution >= 0.6 is 0 Å². The molecule has 4 heteroatoms. The molecular formula is C19H30N2O2. The van der Waals surface area contributed by atoms with Gasteiger partial charge in [0.15, 0.2) is 0 Å². The Morgan fingerprint density at radius 3 is 2.74 bits per heavy atom. The van der Waals surface area contributed by atoms with Gasteiger partial charge in [-0.05, 0) is 45.2 Å². The molecule has 23 heavy (non-hydrogen) atoms. The summed E-state index contributed by atoms with van der Waals surface area (Å²) in [6.45, 7) is 7.72. The molecule has 1 unspecified atom stereocenters. The number of nitrogens with zero attached hydrogens (tertiary/aromatic N) is 2. The van der Waals surface area contributed by atoms with Crippen LogP contribution < -0.4 is 0 Å². The van der Waals surface area contributed by atoms with Crippen LogP contribution in [-0.4, -0.2) is 54.6 Å². The SMILES string of the molecule is CCN(C)C(=O)[C@H](C)OC1CCCN(Cc2ccccc2)CC1. The Labute approximate surface area is 140 Å². The van der Waals surface area contributed by atoms with E-state index in [0.717, 1.165) is 45.4 Å². The van der Waals surface area contributed by atoms with Crippen LogP contribution in [0.3, 0.4) is 0 Å².